The van der Waals surface area contributed by atoms with Gasteiger partial charge in [0.15, 0.2) is 0 Å². The lowest BCUT2D eigenvalue weighted by Crippen LogP contribution is -2.58. The normalized spacial score (nSPS) is 33.7. The number of nitro benzene ring substituents is 1. The Balaban J connectivity index is 2.13. The first-order valence-electron chi connectivity index (χ1n) is 6.01. The Bertz CT molecular complexity index is 494. The molecule has 8 nitrogen and oxygen atoms in total. The van der Waals surface area contributed by atoms with Gasteiger partial charge in [0.05, 0.1) is 17.1 Å². The first kappa shape index (κ1) is 14.7. The summed E-state index contributed by atoms with van der Waals surface area (Å²) in [7, 11) is 0. The first-order valence-corrected chi connectivity index (χ1v) is 6.01. The Morgan fingerprint density at radius 3 is 2.60 bits per heavy atom. The number of hydrogen-bond donors (Lipinski definition) is 3. The maximum absolute atomic E-state index is 10.7. The minimum absolute atomic E-state index is 0.124. The molecule has 1 aliphatic heterocycles. The molecule has 20 heavy (non-hydrogen) atoms. The molecule has 1 aromatic carbocycles. The molecule has 0 amide bonds. The van der Waals surface area contributed by atoms with E-state index in [-0.39, 0.29) is 11.4 Å². The smallest absolute Gasteiger partial charge is 0.273 e. The predicted molar refractivity (Wildman–Crippen MR) is 66.1 cm³/mol. The number of hydrogen-bond acceptors (Lipinski definition) is 7. The summed E-state index contributed by atoms with van der Waals surface area (Å²) in [6, 6.07) is 5.37. The summed E-state index contributed by atoms with van der Waals surface area (Å²) in [5.74, 6) is 0.124. The van der Waals surface area contributed by atoms with E-state index in [9.17, 15) is 25.4 Å². The topological polar surface area (TPSA) is 122 Å². The lowest BCUT2D eigenvalue weighted by Gasteiger charge is -2.38. The SMILES string of the molecule is C[C@@H]1O[C@@H](Oc2cccc([N+](=O)[O-])c2)[C@H](O)[C@H](O)[C@H]1O. The van der Waals surface area contributed by atoms with Crippen molar-refractivity contribution in [2.24, 2.45) is 0 Å². The quantitative estimate of drug-likeness (QED) is 0.519. The van der Waals surface area contributed by atoms with E-state index in [4.69, 9.17) is 9.47 Å². The zero-order valence-electron chi connectivity index (χ0n) is 10.6. The molecule has 8 heteroatoms. The molecule has 3 N–H and O–H groups in total. The highest BCUT2D eigenvalue weighted by molar-refractivity contribution is 5.38. The molecule has 0 saturated carbocycles. The first-order chi connectivity index (χ1) is 9.40. The minimum atomic E-state index is -1.46. The van der Waals surface area contributed by atoms with Crippen molar-refractivity contribution in [2.75, 3.05) is 0 Å². The number of nitro groups is 1. The zero-order valence-corrected chi connectivity index (χ0v) is 10.6. The second-order valence-corrected chi connectivity index (χ2v) is 4.55. The third kappa shape index (κ3) is 2.88. The number of aliphatic hydroxyl groups is 3. The molecule has 0 spiro atoms. The highest BCUT2D eigenvalue weighted by Crippen LogP contribution is 2.26. The number of rotatable bonds is 3. The highest BCUT2D eigenvalue weighted by Gasteiger charge is 2.43. The predicted octanol–water partition coefficient (Wildman–Crippen LogP) is -0.199. The van der Waals surface area contributed by atoms with Crippen molar-refractivity contribution in [3.05, 3.63) is 34.4 Å². The van der Waals surface area contributed by atoms with E-state index in [1.54, 1.807) is 0 Å². The van der Waals surface area contributed by atoms with Crippen molar-refractivity contribution in [2.45, 2.75) is 37.6 Å². The lowest BCUT2D eigenvalue weighted by atomic mass is 10.00. The molecule has 1 aliphatic rings. The molecule has 1 heterocycles. The summed E-state index contributed by atoms with van der Waals surface area (Å²) in [6.07, 6.45) is -6.06. The zero-order chi connectivity index (χ0) is 14.9. The van der Waals surface area contributed by atoms with Crippen molar-refractivity contribution in [3.63, 3.8) is 0 Å². The van der Waals surface area contributed by atoms with Crippen LogP contribution in [0.25, 0.3) is 0 Å². The van der Waals surface area contributed by atoms with Gasteiger partial charge in [0.1, 0.15) is 24.1 Å². The molecule has 0 unspecified atom stereocenters. The van der Waals surface area contributed by atoms with Crippen molar-refractivity contribution >= 4 is 5.69 Å². The number of nitrogens with zero attached hydrogens (tertiary/aromatic N) is 1. The second-order valence-electron chi connectivity index (χ2n) is 4.55. The molecule has 0 radical (unpaired) electrons. The average molecular weight is 285 g/mol. The Labute approximate surface area is 114 Å². The molecule has 0 aromatic heterocycles. The highest BCUT2D eigenvalue weighted by atomic mass is 16.7. The number of non-ortho nitro benzene ring substituents is 1. The Morgan fingerprint density at radius 1 is 1.25 bits per heavy atom. The molecule has 1 saturated heterocycles. The van der Waals surface area contributed by atoms with E-state index < -0.39 is 35.6 Å². The minimum Gasteiger partial charge on any atom is -0.462 e. The molecular formula is C12H15NO7. The van der Waals surface area contributed by atoms with E-state index in [2.05, 4.69) is 0 Å². The van der Waals surface area contributed by atoms with Crippen LogP contribution in [0.3, 0.4) is 0 Å². The van der Waals surface area contributed by atoms with E-state index in [0.29, 0.717) is 0 Å². The maximum atomic E-state index is 10.7. The summed E-state index contributed by atoms with van der Waals surface area (Å²) in [5, 5.41) is 39.6. The standard InChI is InChI=1S/C12H15NO7/c1-6-9(14)10(15)11(16)12(19-6)20-8-4-2-3-7(5-8)13(17)18/h2-6,9-12,14-16H,1H3/t6-,9-,10+,11+,12-/m0/s1. The molecule has 1 fully saturated rings. The van der Waals surface area contributed by atoms with Gasteiger partial charge in [-0.25, -0.2) is 0 Å². The van der Waals surface area contributed by atoms with Gasteiger partial charge < -0.3 is 24.8 Å². The van der Waals surface area contributed by atoms with Gasteiger partial charge >= 0.3 is 0 Å². The van der Waals surface area contributed by atoms with Gasteiger partial charge in [-0.3, -0.25) is 10.1 Å². The third-order valence-corrected chi connectivity index (χ3v) is 3.09. The van der Waals surface area contributed by atoms with Crippen LogP contribution < -0.4 is 4.74 Å². The van der Waals surface area contributed by atoms with Crippen LogP contribution in [0.15, 0.2) is 24.3 Å². The van der Waals surface area contributed by atoms with E-state index in [1.807, 2.05) is 0 Å². The van der Waals surface area contributed by atoms with Crippen LogP contribution in [0.4, 0.5) is 5.69 Å². The van der Waals surface area contributed by atoms with Crippen molar-refractivity contribution < 1.29 is 29.7 Å². The summed E-state index contributed by atoms with van der Waals surface area (Å²) in [4.78, 5) is 10.1. The van der Waals surface area contributed by atoms with Crippen molar-refractivity contribution in [3.8, 4) is 5.75 Å². The Hall–Kier alpha value is -1.74. The van der Waals surface area contributed by atoms with Gasteiger partial charge in [0.25, 0.3) is 5.69 Å². The van der Waals surface area contributed by atoms with E-state index in [1.165, 1.54) is 31.2 Å². The van der Waals surface area contributed by atoms with Crippen LogP contribution in [0, 0.1) is 10.1 Å². The Morgan fingerprint density at radius 2 is 1.95 bits per heavy atom. The number of ether oxygens (including phenoxy) is 2. The van der Waals surface area contributed by atoms with Crippen LogP contribution in [0.1, 0.15) is 6.92 Å². The molecule has 0 aliphatic carbocycles. The largest absolute Gasteiger partial charge is 0.462 e. The van der Waals surface area contributed by atoms with Crippen LogP contribution in [0.5, 0.6) is 5.75 Å². The number of benzene rings is 1. The van der Waals surface area contributed by atoms with Gasteiger partial charge in [0, 0.05) is 6.07 Å². The van der Waals surface area contributed by atoms with Crippen molar-refractivity contribution in [1.29, 1.82) is 0 Å². The monoisotopic (exact) mass is 285 g/mol. The fraction of sp³-hybridized carbons (Fsp3) is 0.500. The summed E-state index contributed by atoms with van der Waals surface area (Å²) >= 11 is 0. The molecular weight excluding hydrogens is 270 g/mol. The van der Waals surface area contributed by atoms with E-state index >= 15 is 0 Å². The molecule has 1 aromatic rings. The summed E-state index contributed by atoms with van der Waals surface area (Å²) in [6.45, 7) is 1.52. The van der Waals surface area contributed by atoms with E-state index in [0.717, 1.165) is 0 Å². The van der Waals surface area contributed by atoms with Gasteiger partial charge in [-0.1, -0.05) is 6.07 Å². The molecule has 5 atom stereocenters. The van der Waals surface area contributed by atoms with Gasteiger partial charge in [0.2, 0.25) is 6.29 Å². The van der Waals surface area contributed by atoms with Gasteiger partial charge in [-0.2, -0.15) is 0 Å². The van der Waals surface area contributed by atoms with Gasteiger partial charge in [-0.15, -0.1) is 0 Å². The number of aliphatic hydroxyl groups excluding tert-OH is 3. The molecule has 0 bridgehead atoms. The van der Waals surface area contributed by atoms with Gasteiger partial charge in [-0.05, 0) is 13.0 Å². The molecule has 110 valence electrons. The summed E-state index contributed by atoms with van der Waals surface area (Å²) < 4.78 is 10.5. The fourth-order valence-electron chi connectivity index (χ4n) is 1.92. The average Bonchev–Trinajstić information content (AvgIpc) is 2.42. The van der Waals surface area contributed by atoms with Crippen LogP contribution in [-0.2, 0) is 4.74 Å². The Kier molecular flexibility index (Phi) is 4.19. The van der Waals surface area contributed by atoms with Crippen LogP contribution in [0.2, 0.25) is 0 Å². The maximum Gasteiger partial charge on any atom is 0.273 e. The fourth-order valence-corrected chi connectivity index (χ4v) is 1.92. The molecule has 2 rings (SSSR count). The van der Waals surface area contributed by atoms with Crippen LogP contribution >= 0.6 is 0 Å². The van der Waals surface area contributed by atoms with Crippen LogP contribution in [-0.4, -0.2) is 50.9 Å². The lowest BCUT2D eigenvalue weighted by molar-refractivity contribution is -0.385. The second kappa shape index (κ2) is 5.71. The summed E-state index contributed by atoms with van der Waals surface area (Å²) in [5.41, 5.74) is -0.165. The third-order valence-electron chi connectivity index (χ3n) is 3.09. The van der Waals surface area contributed by atoms with Crippen molar-refractivity contribution in [1.82, 2.24) is 0 Å².